The van der Waals surface area contributed by atoms with Crippen molar-refractivity contribution in [2.75, 3.05) is 26.2 Å². The molecule has 3 aromatic rings. The van der Waals surface area contributed by atoms with Crippen molar-refractivity contribution in [1.29, 1.82) is 0 Å². The number of nitrogens with one attached hydrogen (secondary N) is 1. The molecule has 0 unspecified atom stereocenters. The highest BCUT2D eigenvalue weighted by Crippen LogP contribution is 2.28. The first kappa shape index (κ1) is 18.7. The molecule has 0 bridgehead atoms. The molecule has 0 radical (unpaired) electrons. The Morgan fingerprint density at radius 3 is 2.50 bits per heavy atom. The Morgan fingerprint density at radius 2 is 1.75 bits per heavy atom. The Kier molecular flexibility index (Phi) is 5.74. The van der Waals surface area contributed by atoms with Crippen molar-refractivity contribution >= 4 is 17.5 Å². The average molecular weight is 395 g/mol. The lowest BCUT2D eigenvalue weighted by Crippen LogP contribution is -2.34. The predicted octanol–water partition coefficient (Wildman–Crippen LogP) is 4.02. The zero-order chi connectivity index (χ0) is 19.3. The Hall–Kier alpha value is -2.63. The van der Waals surface area contributed by atoms with Crippen LogP contribution < -0.4 is 5.32 Å². The van der Waals surface area contributed by atoms with Crippen molar-refractivity contribution in [3.05, 3.63) is 71.4 Å². The SMILES string of the molecule is O=C(NCCN1CCCC1)c1cc(-c2ccccc2Cl)nn1-c1ccccc1. The Morgan fingerprint density at radius 1 is 1.04 bits per heavy atom. The molecule has 0 aliphatic carbocycles. The third-order valence-corrected chi connectivity index (χ3v) is 5.33. The maximum atomic E-state index is 12.9. The molecule has 0 atom stereocenters. The summed E-state index contributed by atoms with van der Waals surface area (Å²) >= 11 is 6.35. The summed E-state index contributed by atoms with van der Waals surface area (Å²) in [5.41, 5.74) is 2.83. The molecule has 6 heteroatoms. The summed E-state index contributed by atoms with van der Waals surface area (Å²) in [7, 11) is 0. The number of para-hydroxylation sites is 1. The van der Waals surface area contributed by atoms with Crippen LogP contribution in [0.25, 0.3) is 16.9 Å². The van der Waals surface area contributed by atoms with Crippen LogP contribution in [0.2, 0.25) is 5.02 Å². The number of hydrogen-bond donors (Lipinski definition) is 1. The molecule has 144 valence electrons. The van der Waals surface area contributed by atoms with Crippen LogP contribution in [-0.2, 0) is 0 Å². The van der Waals surface area contributed by atoms with Gasteiger partial charge in [0.25, 0.3) is 5.91 Å². The second-order valence-corrected chi connectivity index (χ2v) is 7.35. The molecule has 0 saturated carbocycles. The number of nitrogens with zero attached hydrogens (tertiary/aromatic N) is 3. The van der Waals surface area contributed by atoms with Gasteiger partial charge in [-0.15, -0.1) is 0 Å². The van der Waals surface area contributed by atoms with Crippen LogP contribution in [0.3, 0.4) is 0 Å². The standard InChI is InChI=1S/C22H23ClN4O/c23-19-11-5-4-10-18(19)20-16-21(27(25-20)17-8-2-1-3-9-17)22(28)24-12-15-26-13-6-7-14-26/h1-5,8-11,16H,6-7,12-15H2,(H,24,28). The maximum Gasteiger partial charge on any atom is 0.270 e. The molecule has 1 aliphatic rings. The average Bonchev–Trinajstić information content (AvgIpc) is 3.39. The van der Waals surface area contributed by atoms with Crippen LogP contribution in [0.5, 0.6) is 0 Å². The Bertz CT molecular complexity index is 948. The van der Waals surface area contributed by atoms with Gasteiger partial charge in [0.1, 0.15) is 5.69 Å². The van der Waals surface area contributed by atoms with Crippen molar-refractivity contribution in [3.8, 4) is 16.9 Å². The van der Waals surface area contributed by atoms with E-state index in [0.29, 0.717) is 23.0 Å². The number of amides is 1. The fraction of sp³-hybridized carbons (Fsp3) is 0.273. The number of aromatic nitrogens is 2. The zero-order valence-corrected chi connectivity index (χ0v) is 16.4. The number of rotatable bonds is 6. The van der Waals surface area contributed by atoms with Gasteiger partial charge in [0.05, 0.1) is 16.4 Å². The van der Waals surface area contributed by atoms with Gasteiger partial charge in [0.2, 0.25) is 0 Å². The maximum absolute atomic E-state index is 12.9. The Balaban J connectivity index is 1.60. The molecule has 1 N–H and O–H groups in total. The highest BCUT2D eigenvalue weighted by molar-refractivity contribution is 6.33. The van der Waals surface area contributed by atoms with Crippen LogP contribution in [0.1, 0.15) is 23.3 Å². The van der Waals surface area contributed by atoms with Crippen molar-refractivity contribution in [2.45, 2.75) is 12.8 Å². The van der Waals surface area contributed by atoms with Crippen LogP contribution in [0.15, 0.2) is 60.7 Å². The molecule has 5 nitrogen and oxygen atoms in total. The van der Waals surface area contributed by atoms with Crippen LogP contribution >= 0.6 is 11.6 Å². The van der Waals surface area contributed by atoms with Crippen molar-refractivity contribution in [2.24, 2.45) is 0 Å². The van der Waals surface area contributed by atoms with Gasteiger partial charge in [-0.2, -0.15) is 5.10 Å². The summed E-state index contributed by atoms with van der Waals surface area (Å²) in [5, 5.41) is 8.33. The quantitative estimate of drug-likeness (QED) is 0.687. The highest BCUT2D eigenvalue weighted by atomic mass is 35.5. The summed E-state index contributed by atoms with van der Waals surface area (Å²) in [6, 6.07) is 19.0. The van der Waals surface area contributed by atoms with E-state index in [0.717, 1.165) is 30.9 Å². The summed E-state index contributed by atoms with van der Waals surface area (Å²) in [6.45, 7) is 3.74. The summed E-state index contributed by atoms with van der Waals surface area (Å²) in [5.74, 6) is -0.131. The molecule has 1 saturated heterocycles. The number of carbonyl (C=O) groups excluding carboxylic acids is 1. The molecule has 28 heavy (non-hydrogen) atoms. The fourth-order valence-corrected chi connectivity index (χ4v) is 3.77. The third-order valence-electron chi connectivity index (χ3n) is 5.00. The van der Waals surface area contributed by atoms with E-state index in [9.17, 15) is 4.79 Å². The second-order valence-electron chi connectivity index (χ2n) is 6.95. The smallest absolute Gasteiger partial charge is 0.270 e. The number of hydrogen-bond acceptors (Lipinski definition) is 3. The molecular formula is C22H23ClN4O. The van der Waals surface area contributed by atoms with Gasteiger partial charge < -0.3 is 10.2 Å². The lowest BCUT2D eigenvalue weighted by atomic mass is 10.1. The first-order chi connectivity index (χ1) is 13.7. The minimum Gasteiger partial charge on any atom is -0.349 e. The summed E-state index contributed by atoms with van der Waals surface area (Å²) in [4.78, 5) is 15.3. The molecule has 0 spiro atoms. The zero-order valence-electron chi connectivity index (χ0n) is 15.6. The largest absolute Gasteiger partial charge is 0.349 e. The molecular weight excluding hydrogens is 372 g/mol. The van der Waals surface area contributed by atoms with Gasteiger partial charge in [0.15, 0.2) is 0 Å². The molecule has 4 rings (SSSR count). The van der Waals surface area contributed by atoms with Gasteiger partial charge in [-0.1, -0.05) is 48.0 Å². The first-order valence-corrected chi connectivity index (χ1v) is 10.0. The first-order valence-electron chi connectivity index (χ1n) is 9.63. The lowest BCUT2D eigenvalue weighted by Gasteiger charge is -2.15. The number of carbonyl (C=O) groups is 1. The Labute approximate surface area is 169 Å². The predicted molar refractivity (Wildman–Crippen MR) is 112 cm³/mol. The van der Waals surface area contributed by atoms with Gasteiger partial charge >= 0.3 is 0 Å². The number of benzene rings is 2. The molecule has 1 aromatic heterocycles. The highest BCUT2D eigenvalue weighted by Gasteiger charge is 2.19. The monoisotopic (exact) mass is 394 g/mol. The van der Waals surface area contributed by atoms with Crippen molar-refractivity contribution < 1.29 is 4.79 Å². The van der Waals surface area contributed by atoms with E-state index in [1.54, 1.807) is 10.7 Å². The van der Waals surface area contributed by atoms with E-state index >= 15 is 0 Å². The van der Waals surface area contributed by atoms with E-state index in [-0.39, 0.29) is 5.91 Å². The van der Waals surface area contributed by atoms with Gasteiger partial charge in [-0.25, -0.2) is 4.68 Å². The summed E-state index contributed by atoms with van der Waals surface area (Å²) in [6.07, 6.45) is 2.49. The normalized spacial score (nSPS) is 14.3. The van der Waals surface area contributed by atoms with Crippen LogP contribution in [0, 0.1) is 0 Å². The molecule has 1 fully saturated rings. The van der Waals surface area contributed by atoms with Crippen molar-refractivity contribution in [3.63, 3.8) is 0 Å². The van der Waals surface area contributed by atoms with Gasteiger partial charge in [0, 0.05) is 18.7 Å². The molecule has 2 aromatic carbocycles. The minimum absolute atomic E-state index is 0.131. The third kappa shape index (κ3) is 4.11. The topological polar surface area (TPSA) is 50.2 Å². The fourth-order valence-electron chi connectivity index (χ4n) is 3.53. The van der Waals surface area contributed by atoms with E-state index in [1.807, 2.05) is 54.6 Å². The van der Waals surface area contributed by atoms with E-state index < -0.39 is 0 Å². The minimum atomic E-state index is -0.131. The van der Waals surface area contributed by atoms with E-state index in [1.165, 1.54) is 12.8 Å². The number of halogens is 1. The summed E-state index contributed by atoms with van der Waals surface area (Å²) < 4.78 is 1.68. The van der Waals surface area contributed by atoms with Gasteiger partial charge in [-0.3, -0.25) is 4.79 Å². The lowest BCUT2D eigenvalue weighted by molar-refractivity contribution is 0.0942. The van der Waals surface area contributed by atoms with Gasteiger partial charge in [-0.05, 0) is 50.2 Å². The molecule has 1 aliphatic heterocycles. The van der Waals surface area contributed by atoms with Crippen LogP contribution in [-0.4, -0.2) is 46.8 Å². The number of likely N-dealkylation sites (tertiary alicyclic amines) is 1. The second kappa shape index (κ2) is 8.59. The van der Waals surface area contributed by atoms with Crippen LogP contribution in [0.4, 0.5) is 0 Å². The van der Waals surface area contributed by atoms with Crippen molar-refractivity contribution in [1.82, 2.24) is 20.0 Å². The van der Waals surface area contributed by atoms with E-state index in [2.05, 4.69) is 15.3 Å². The van der Waals surface area contributed by atoms with E-state index in [4.69, 9.17) is 11.6 Å². The molecule has 1 amide bonds. The molecule has 2 heterocycles.